The first-order chi connectivity index (χ1) is 15.7. The summed E-state index contributed by atoms with van der Waals surface area (Å²) in [6.45, 7) is 7.19. The van der Waals surface area contributed by atoms with Gasteiger partial charge >= 0.3 is 0 Å². The Labute approximate surface area is 187 Å². The van der Waals surface area contributed by atoms with Crippen LogP contribution in [-0.2, 0) is 4.74 Å². The molecule has 7 nitrogen and oxygen atoms in total. The van der Waals surface area contributed by atoms with E-state index in [2.05, 4.69) is 53.5 Å². The maximum atomic E-state index is 5.55. The highest BCUT2D eigenvalue weighted by molar-refractivity contribution is 5.80. The molecule has 1 saturated heterocycles. The Hall–Kier alpha value is -3.71. The third kappa shape index (κ3) is 4.20. The quantitative estimate of drug-likeness (QED) is 0.381. The molecule has 0 spiro atoms. The number of nitrogens with one attached hydrogen (secondary N) is 1. The number of hydrogen-bond acceptors (Lipinski definition) is 6. The first-order valence-corrected chi connectivity index (χ1v) is 10.8. The molecule has 1 aliphatic heterocycles. The Bertz CT molecular complexity index is 1270. The molecule has 1 fully saturated rings. The van der Waals surface area contributed by atoms with Crippen LogP contribution in [0, 0.1) is 13.8 Å². The van der Waals surface area contributed by atoms with Gasteiger partial charge in [-0.25, -0.2) is 4.98 Å². The standard InChI is InChI=1S/C25H26N6O/c1-18-6-5-8-20(14-18)17-26-28-23-16-25(30-10-12-32-13-11-30)31-24(27-23)15-22(29-31)21-9-4-3-7-19(21)2/h3-9,14-17H,10-13H2,1-2H3,(H,27,28). The third-order valence-corrected chi connectivity index (χ3v) is 5.60. The molecule has 0 unspecified atom stereocenters. The number of anilines is 2. The molecule has 0 bridgehead atoms. The number of aryl methyl sites for hydroxylation is 2. The zero-order chi connectivity index (χ0) is 21.9. The van der Waals surface area contributed by atoms with Gasteiger partial charge in [0.15, 0.2) is 11.5 Å². The number of hydrazone groups is 1. The van der Waals surface area contributed by atoms with Crippen LogP contribution in [0.4, 0.5) is 11.6 Å². The molecule has 0 aliphatic carbocycles. The summed E-state index contributed by atoms with van der Waals surface area (Å²) in [5.41, 5.74) is 9.32. The topological polar surface area (TPSA) is 67.0 Å². The minimum absolute atomic E-state index is 0.680. The highest BCUT2D eigenvalue weighted by Gasteiger charge is 2.18. The van der Waals surface area contributed by atoms with E-state index in [4.69, 9.17) is 14.8 Å². The maximum absolute atomic E-state index is 5.55. The number of morpholine rings is 1. The van der Waals surface area contributed by atoms with Gasteiger partial charge in [-0.15, -0.1) is 0 Å². The summed E-state index contributed by atoms with van der Waals surface area (Å²) in [5, 5.41) is 9.32. The molecule has 7 heteroatoms. The van der Waals surface area contributed by atoms with Crippen LogP contribution in [-0.4, -0.2) is 47.1 Å². The molecular weight excluding hydrogens is 400 g/mol. The second-order valence-corrected chi connectivity index (χ2v) is 8.00. The van der Waals surface area contributed by atoms with Crippen molar-refractivity contribution in [1.29, 1.82) is 0 Å². The van der Waals surface area contributed by atoms with Gasteiger partial charge in [-0.05, 0) is 25.0 Å². The molecule has 5 rings (SSSR count). The predicted octanol–water partition coefficient (Wildman–Crippen LogP) is 4.30. The molecule has 4 aromatic rings. The van der Waals surface area contributed by atoms with Gasteiger partial charge < -0.3 is 9.64 Å². The van der Waals surface area contributed by atoms with E-state index in [1.807, 2.05) is 47.1 Å². The average Bonchev–Trinajstić information content (AvgIpc) is 3.23. The van der Waals surface area contributed by atoms with Crippen LogP contribution in [0.5, 0.6) is 0 Å². The number of fused-ring (bicyclic) bond motifs is 1. The first kappa shape index (κ1) is 20.2. The SMILES string of the molecule is Cc1cccc(C=NNc2cc(N3CCOCC3)n3nc(-c4ccccc4C)cc3n2)c1. The van der Waals surface area contributed by atoms with Crippen LogP contribution in [0.25, 0.3) is 16.9 Å². The molecule has 0 amide bonds. The second kappa shape index (κ2) is 8.80. The summed E-state index contributed by atoms with van der Waals surface area (Å²) < 4.78 is 7.47. The van der Waals surface area contributed by atoms with E-state index in [-0.39, 0.29) is 0 Å². The van der Waals surface area contributed by atoms with E-state index in [9.17, 15) is 0 Å². The largest absolute Gasteiger partial charge is 0.378 e. The van der Waals surface area contributed by atoms with E-state index in [1.54, 1.807) is 0 Å². The van der Waals surface area contributed by atoms with Gasteiger partial charge in [-0.1, -0.05) is 54.1 Å². The average molecular weight is 427 g/mol. The Morgan fingerprint density at radius 3 is 2.66 bits per heavy atom. The van der Waals surface area contributed by atoms with Gasteiger partial charge in [0.25, 0.3) is 0 Å². The summed E-state index contributed by atoms with van der Waals surface area (Å²) in [7, 11) is 0. The van der Waals surface area contributed by atoms with Crippen LogP contribution < -0.4 is 10.3 Å². The van der Waals surface area contributed by atoms with E-state index in [0.29, 0.717) is 19.0 Å². The van der Waals surface area contributed by atoms with Crippen molar-refractivity contribution in [2.75, 3.05) is 36.6 Å². The predicted molar refractivity (Wildman–Crippen MR) is 129 cm³/mol. The number of nitrogens with zero attached hydrogens (tertiary/aromatic N) is 5. The summed E-state index contributed by atoms with van der Waals surface area (Å²) >= 11 is 0. The highest BCUT2D eigenvalue weighted by atomic mass is 16.5. The minimum Gasteiger partial charge on any atom is -0.378 e. The number of ether oxygens (including phenoxy) is 1. The number of rotatable bonds is 5. The van der Waals surface area contributed by atoms with Crippen molar-refractivity contribution < 1.29 is 4.74 Å². The summed E-state index contributed by atoms with van der Waals surface area (Å²) in [6.07, 6.45) is 1.81. The molecule has 2 aromatic carbocycles. The van der Waals surface area contributed by atoms with Crippen molar-refractivity contribution in [3.63, 3.8) is 0 Å². The van der Waals surface area contributed by atoms with Crippen LogP contribution in [0.1, 0.15) is 16.7 Å². The van der Waals surface area contributed by atoms with Gasteiger partial charge in [0.1, 0.15) is 5.82 Å². The lowest BCUT2D eigenvalue weighted by Crippen LogP contribution is -2.37. The van der Waals surface area contributed by atoms with Crippen molar-refractivity contribution in [1.82, 2.24) is 14.6 Å². The van der Waals surface area contributed by atoms with Crippen molar-refractivity contribution in [2.45, 2.75) is 13.8 Å². The molecule has 162 valence electrons. The summed E-state index contributed by atoms with van der Waals surface area (Å²) in [6, 6.07) is 20.5. The van der Waals surface area contributed by atoms with E-state index in [1.165, 1.54) is 11.1 Å². The molecule has 0 saturated carbocycles. The normalized spacial score (nSPS) is 14.4. The molecule has 2 aromatic heterocycles. The zero-order valence-electron chi connectivity index (χ0n) is 18.3. The number of aromatic nitrogens is 3. The molecule has 0 atom stereocenters. The lowest BCUT2D eigenvalue weighted by molar-refractivity contribution is 0.122. The van der Waals surface area contributed by atoms with Gasteiger partial charge in [0, 0.05) is 30.8 Å². The van der Waals surface area contributed by atoms with Crippen LogP contribution in [0.2, 0.25) is 0 Å². The number of benzene rings is 2. The van der Waals surface area contributed by atoms with Crippen LogP contribution in [0.3, 0.4) is 0 Å². The zero-order valence-corrected chi connectivity index (χ0v) is 18.3. The molecule has 32 heavy (non-hydrogen) atoms. The monoisotopic (exact) mass is 426 g/mol. The lowest BCUT2D eigenvalue weighted by Gasteiger charge is -2.29. The minimum atomic E-state index is 0.680. The van der Waals surface area contributed by atoms with Crippen molar-refractivity contribution >= 4 is 23.5 Å². The molecule has 1 N–H and O–H groups in total. The van der Waals surface area contributed by atoms with Gasteiger partial charge in [-0.3, -0.25) is 5.43 Å². The maximum Gasteiger partial charge on any atom is 0.160 e. The molecule has 0 radical (unpaired) electrons. The highest BCUT2D eigenvalue weighted by Crippen LogP contribution is 2.27. The van der Waals surface area contributed by atoms with Gasteiger partial charge in [-0.2, -0.15) is 14.7 Å². The van der Waals surface area contributed by atoms with Crippen LogP contribution in [0.15, 0.2) is 65.8 Å². The van der Waals surface area contributed by atoms with E-state index in [0.717, 1.165) is 41.4 Å². The fraction of sp³-hybridized carbons (Fsp3) is 0.240. The van der Waals surface area contributed by atoms with Crippen molar-refractivity contribution in [3.05, 3.63) is 77.4 Å². The van der Waals surface area contributed by atoms with Gasteiger partial charge in [0.05, 0.1) is 25.1 Å². The van der Waals surface area contributed by atoms with E-state index < -0.39 is 0 Å². The molecule has 1 aliphatic rings. The summed E-state index contributed by atoms with van der Waals surface area (Å²) in [5.74, 6) is 1.66. The second-order valence-electron chi connectivity index (χ2n) is 8.00. The van der Waals surface area contributed by atoms with Gasteiger partial charge in [0.2, 0.25) is 0 Å². The summed E-state index contributed by atoms with van der Waals surface area (Å²) in [4.78, 5) is 7.05. The first-order valence-electron chi connectivity index (χ1n) is 10.8. The molecular formula is C25H26N6O. The Balaban J connectivity index is 1.52. The van der Waals surface area contributed by atoms with Crippen molar-refractivity contribution in [2.24, 2.45) is 5.10 Å². The Kier molecular flexibility index (Phi) is 5.56. The third-order valence-electron chi connectivity index (χ3n) is 5.60. The fourth-order valence-electron chi connectivity index (χ4n) is 3.95. The smallest absolute Gasteiger partial charge is 0.160 e. The van der Waals surface area contributed by atoms with Crippen molar-refractivity contribution in [3.8, 4) is 11.3 Å². The Morgan fingerprint density at radius 1 is 1.00 bits per heavy atom. The molecule has 3 heterocycles. The fourth-order valence-corrected chi connectivity index (χ4v) is 3.95. The number of hydrogen-bond donors (Lipinski definition) is 1. The Morgan fingerprint density at radius 2 is 1.84 bits per heavy atom. The van der Waals surface area contributed by atoms with E-state index >= 15 is 0 Å². The lowest BCUT2D eigenvalue weighted by atomic mass is 10.1. The van der Waals surface area contributed by atoms with Crippen LogP contribution >= 0.6 is 0 Å².